The van der Waals surface area contributed by atoms with Gasteiger partial charge in [0.1, 0.15) is 0 Å². The Morgan fingerprint density at radius 2 is 1.91 bits per heavy atom. The van der Waals surface area contributed by atoms with Crippen LogP contribution in [0.4, 0.5) is 10.5 Å². The van der Waals surface area contributed by atoms with Crippen LogP contribution in [0.3, 0.4) is 0 Å². The van der Waals surface area contributed by atoms with E-state index in [2.05, 4.69) is 22.6 Å². The Balaban J connectivity index is 1.61. The molecule has 3 amide bonds. The average molecular weight is 336 g/mol. The van der Waals surface area contributed by atoms with Crippen LogP contribution in [0.1, 0.15) is 21.5 Å². The lowest BCUT2D eigenvalue weighted by molar-refractivity contribution is 0.0960. The van der Waals surface area contributed by atoms with Gasteiger partial charge in [0.05, 0.1) is 10.6 Å². The maximum atomic E-state index is 12.5. The van der Waals surface area contributed by atoms with Gasteiger partial charge in [-0.15, -0.1) is 11.3 Å². The molecule has 126 valence electrons. The topological polar surface area (TPSA) is 64.7 Å². The van der Waals surface area contributed by atoms with E-state index < -0.39 is 0 Å². The number of amides is 3. The molecule has 2 saturated heterocycles. The molecule has 0 spiro atoms. The monoisotopic (exact) mass is 336 g/mol. The molecule has 0 radical (unpaired) electrons. The lowest BCUT2D eigenvalue weighted by Crippen LogP contribution is -2.35. The van der Waals surface area contributed by atoms with E-state index in [9.17, 15) is 9.59 Å². The van der Waals surface area contributed by atoms with Crippen LogP contribution in [0.25, 0.3) is 0 Å². The molecule has 0 saturated carbocycles. The number of likely N-dealkylation sites (tertiary alicyclic amines) is 2. The van der Waals surface area contributed by atoms with Gasteiger partial charge in [0.2, 0.25) is 0 Å². The van der Waals surface area contributed by atoms with Crippen molar-refractivity contribution >= 4 is 29.0 Å². The second kappa shape index (κ2) is 6.49. The van der Waals surface area contributed by atoms with Crippen molar-refractivity contribution in [2.24, 2.45) is 11.8 Å². The Bertz CT molecular complexity index is 601. The highest BCUT2D eigenvalue weighted by molar-refractivity contribution is 7.14. The van der Waals surface area contributed by atoms with E-state index in [0.717, 1.165) is 36.7 Å². The zero-order valence-corrected chi connectivity index (χ0v) is 14.7. The van der Waals surface area contributed by atoms with Crippen molar-refractivity contribution in [1.82, 2.24) is 15.1 Å². The van der Waals surface area contributed by atoms with Crippen molar-refractivity contribution in [3.63, 3.8) is 0 Å². The molecule has 2 aliphatic heterocycles. The zero-order valence-electron chi connectivity index (χ0n) is 13.9. The first-order valence-corrected chi connectivity index (χ1v) is 8.92. The third-order valence-corrected chi connectivity index (χ3v) is 5.73. The fourth-order valence-electron chi connectivity index (χ4n) is 3.55. The second-order valence-electron chi connectivity index (χ2n) is 6.52. The summed E-state index contributed by atoms with van der Waals surface area (Å²) in [5, 5.41) is 5.76. The van der Waals surface area contributed by atoms with Gasteiger partial charge in [0.15, 0.2) is 0 Å². The first-order chi connectivity index (χ1) is 11.0. The van der Waals surface area contributed by atoms with Crippen LogP contribution < -0.4 is 10.6 Å². The minimum atomic E-state index is -0.0835. The van der Waals surface area contributed by atoms with Gasteiger partial charge in [0, 0.05) is 37.6 Å². The number of hydrogen-bond acceptors (Lipinski definition) is 4. The predicted octanol–water partition coefficient (Wildman–Crippen LogP) is 1.83. The minimum absolute atomic E-state index is 0.0506. The molecule has 6 nitrogen and oxygen atoms in total. The number of aryl methyl sites for hydroxylation is 1. The first-order valence-electron chi connectivity index (χ1n) is 8.11. The lowest BCUT2D eigenvalue weighted by atomic mass is 10.0. The molecule has 0 aromatic carbocycles. The number of nitrogens with one attached hydrogen (secondary N) is 2. The molecule has 1 aromatic rings. The number of urea groups is 1. The van der Waals surface area contributed by atoms with E-state index in [1.165, 1.54) is 11.3 Å². The highest BCUT2D eigenvalue weighted by Crippen LogP contribution is 2.31. The van der Waals surface area contributed by atoms with Crippen LogP contribution in [0.2, 0.25) is 0 Å². The van der Waals surface area contributed by atoms with E-state index in [4.69, 9.17) is 0 Å². The van der Waals surface area contributed by atoms with E-state index >= 15 is 0 Å². The summed E-state index contributed by atoms with van der Waals surface area (Å²) in [5.74, 6) is 1.11. The highest BCUT2D eigenvalue weighted by Gasteiger charge is 2.40. The van der Waals surface area contributed by atoms with Gasteiger partial charge in [0.25, 0.3) is 5.91 Å². The average Bonchev–Trinajstić information content (AvgIpc) is 3.12. The molecule has 23 heavy (non-hydrogen) atoms. The number of anilines is 1. The number of nitrogens with zero attached hydrogens (tertiary/aromatic N) is 2. The maximum absolute atomic E-state index is 12.5. The van der Waals surface area contributed by atoms with Crippen molar-refractivity contribution in [1.29, 1.82) is 0 Å². The fraction of sp³-hybridized carbons (Fsp3) is 0.625. The standard InChI is InChI=1S/C16H24N4O2S/c1-4-17-15(21)14-5-13(10(2)23-14)18-16(22)20-8-11-6-19(3)7-12(11)9-20/h5,11-12H,4,6-9H2,1-3H3,(H,17,21)(H,18,22)/t11-,12+. The summed E-state index contributed by atoms with van der Waals surface area (Å²) in [5.41, 5.74) is 0.746. The third kappa shape index (κ3) is 3.35. The summed E-state index contributed by atoms with van der Waals surface area (Å²) in [6, 6.07) is 1.72. The van der Waals surface area contributed by atoms with Gasteiger partial charge in [-0.1, -0.05) is 0 Å². The Labute approximate surface area is 140 Å². The van der Waals surface area contributed by atoms with Gasteiger partial charge in [-0.25, -0.2) is 4.79 Å². The predicted molar refractivity (Wildman–Crippen MR) is 92.1 cm³/mol. The number of fused-ring (bicyclic) bond motifs is 1. The van der Waals surface area contributed by atoms with Gasteiger partial charge in [-0.05, 0) is 38.8 Å². The molecule has 2 fully saturated rings. The number of hydrogen-bond donors (Lipinski definition) is 2. The largest absolute Gasteiger partial charge is 0.352 e. The molecular weight excluding hydrogens is 312 g/mol. The Morgan fingerprint density at radius 1 is 1.26 bits per heavy atom. The summed E-state index contributed by atoms with van der Waals surface area (Å²) in [4.78, 5) is 30.2. The van der Waals surface area contributed by atoms with E-state index in [1.54, 1.807) is 6.07 Å². The number of carbonyl (C=O) groups is 2. The van der Waals surface area contributed by atoms with Crippen LogP contribution in [-0.2, 0) is 0 Å². The molecule has 2 atom stereocenters. The summed E-state index contributed by atoms with van der Waals surface area (Å²) < 4.78 is 0. The molecule has 0 bridgehead atoms. The SMILES string of the molecule is CCNC(=O)c1cc(NC(=O)N2C[C@H]3CN(C)C[C@H]3C2)c(C)s1. The smallest absolute Gasteiger partial charge is 0.321 e. The van der Waals surface area contributed by atoms with Crippen LogP contribution in [0, 0.1) is 18.8 Å². The minimum Gasteiger partial charge on any atom is -0.352 e. The van der Waals surface area contributed by atoms with E-state index in [-0.39, 0.29) is 11.9 Å². The van der Waals surface area contributed by atoms with Gasteiger partial charge in [-0.2, -0.15) is 0 Å². The Kier molecular flexibility index (Phi) is 4.59. The van der Waals surface area contributed by atoms with Crippen molar-refractivity contribution in [3.8, 4) is 0 Å². The van der Waals surface area contributed by atoms with Gasteiger partial charge >= 0.3 is 6.03 Å². The van der Waals surface area contributed by atoms with Crippen molar-refractivity contribution in [2.75, 3.05) is 45.1 Å². The number of carbonyl (C=O) groups excluding carboxylic acids is 2. The molecular formula is C16H24N4O2S. The molecule has 2 aliphatic rings. The summed E-state index contributed by atoms with van der Waals surface area (Å²) >= 11 is 1.41. The Hall–Kier alpha value is -1.60. The van der Waals surface area contributed by atoms with Crippen LogP contribution in [-0.4, -0.2) is 61.5 Å². The Morgan fingerprint density at radius 3 is 2.52 bits per heavy atom. The maximum Gasteiger partial charge on any atom is 0.321 e. The van der Waals surface area contributed by atoms with Crippen LogP contribution in [0.15, 0.2) is 6.07 Å². The zero-order chi connectivity index (χ0) is 16.6. The van der Waals surface area contributed by atoms with Crippen molar-refractivity contribution in [2.45, 2.75) is 13.8 Å². The molecule has 0 aliphatic carbocycles. The molecule has 2 N–H and O–H groups in total. The van der Waals surface area contributed by atoms with E-state index in [1.807, 2.05) is 18.7 Å². The molecule has 3 rings (SSSR count). The van der Waals surface area contributed by atoms with Crippen LogP contribution in [0.5, 0.6) is 0 Å². The molecule has 7 heteroatoms. The summed E-state index contributed by atoms with van der Waals surface area (Å²) in [6.45, 7) is 8.23. The summed E-state index contributed by atoms with van der Waals surface area (Å²) in [6.07, 6.45) is 0. The van der Waals surface area contributed by atoms with Crippen LogP contribution >= 0.6 is 11.3 Å². The molecule has 1 aromatic heterocycles. The first kappa shape index (κ1) is 16.3. The quantitative estimate of drug-likeness (QED) is 0.885. The van der Waals surface area contributed by atoms with Crippen molar-refractivity contribution < 1.29 is 9.59 Å². The highest BCUT2D eigenvalue weighted by atomic mass is 32.1. The molecule has 3 heterocycles. The fourth-order valence-corrected chi connectivity index (χ4v) is 4.44. The second-order valence-corrected chi connectivity index (χ2v) is 7.77. The number of thiophene rings is 1. The normalized spacial score (nSPS) is 23.9. The van der Waals surface area contributed by atoms with Gasteiger partial charge in [-0.3, -0.25) is 4.79 Å². The van der Waals surface area contributed by atoms with E-state index in [0.29, 0.717) is 23.3 Å². The lowest BCUT2D eigenvalue weighted by Gasteiger charge is -2.19. The number of rotatable bonds is 3. The summed E-state index contributed by atoms with van der Waals surface area (Å²) in [7, 11) is 2.14. The molecule has 0 unspecified atom stereocenters. The van der Waals surface area contributed by atoms with Crippen molar-refractivity contribution in [3.05, 3.63) is 15.8 Å². The third-order valence-electron chi connectivity index (χ3n) is 4.68. The van der Waals surface area contributed by atoms with Gasteiger partial charge < -0.3 is 20.4 Å².